The Balaban J connectivity index is 2.52. The number of hydrogen-bond acceptors (Lipinski definition) is 0. The maximum atomic E-state index is 2.33. The van der Waals surface area contributed by atoms with Crippen LogP contribution >= 0.6 is 0 Å². The zero-order valence-corrected chi connectivity index (χ0v) is 11.2. The van der Waals surface area contributed by atoms with Crippen LogP contribution in [0.25, 0.3) is 5.69 Å². The minimum Gasteiger partial charge on any atom is -0.319 e. The lowest BCUT2D eigenvalue weighted by Gasteiger charge is -2.12. The van der Waals surface area contributed by atoms with Crippen molar-refractivity contribution in [2.75, 3.05) is 0 Å². The Bertz CT molecular complexity index is 501. The first-order valence-electron chi connectivity index (χ1n) is 6.37. The normalized spacial score (nSPS) is 10.8. The van der Waals surface area contributed by atoms with Crippen LogP contribution in [0.15, 0.2) is 30.3 Å². The van der Waals surface area contributed by atoms with Gasteiger partial charge < -0.3 is 4.57 Å². The molecule has 0 aliphatic rings. The highest BCUT2D eigenvalue weighted by atomic mass is 15.0. The van der Waals surface area contributed by atoms with E-state index in [4.69, 9.17) is 0 Å². The van der Waals surface area contributed by atoms with Crippen molar-refractivity contribution in [3.63, 3.8) is 0 Å². The van der Waals surface area contributed by atoms with Gasteiger partial charge in [0.2, 0.25) is 0 Å². The summed E-state index contributed by atoms with van der Waals surface area (Å²) in [5.74, 6) is 0. The van der Waals surface area contributed by atoms with E-state index >= 15 is 0 Å². The molecule has 2 rings (SSSR count). The lowest BCUT2D eigenvalue weighted by Crippen LogP contribution is -2.00. The monoisotopic (exact) mass is 227 g/mol. The minimum absolute atomic E-state index is 1.16. The molecule has 0 amide bonds. The number of benzene rings is 1. The number of aromatic nitrogens is 1. The molecule has 0 radical (unpaired) electrons. The third kappa shape index (κ3) is 2.44. The summed E-state index contributed by atoms with van der Waals surface area (Å²) in [5.41, 5.74) is 6.69. The van der Waals surface area contributed by atoms with E-state index in [2.05, 4.69) is 62.6 Å². The molecule has 0 saturated heterocycles. The van der Waals surface area contributed by atoms with Gasteiger partial charge in [-0.3, -0.25) is 0 Å². The van der Waals surface area contributed by atoms with Gasteiger partial charge in [-0.2, -0.15) is 0 Å². The Morgan fingerprint density at radius 3 is 2.18 bits per heavy atom. The molecule has 0 unspecified atom stereocenters. The molecular formula is C16H21N. The van der Waals surface area contributed by atoms with E-state index in [1.807, 2.05) is 0 Å². The first-order valence-corrected chi connectivity index (χ1v) is 6.37. The van der Waals surface area contributed by atoms with Crippen LogP contribution in [0.5, 0.6) is 0 Å². The molecule has 0 spiro atoms. The molecular weight excluding hydrogens is 206 g/mol. The van der Waals surface area contributed by atoms with Crippen LogP contribution in [-0.2, 0) is 6.42 Å². The molecule has 1 aromatic carbocycles. The number of nitrogens with zero attached hydrogens (tertiary/aromatic N) is 1. The highest BCUT2D eigenvalue weighted by Crippen LogP contribution is 2.20. The second-order valence-electron chi connectivity index (χ2n) is 4.88. The molecule has 1 aromatic heterocycles. The highest BCUT2D eigenvalue weighted by Gasteiger charge is 2.05. The standard InChI is InChI=1S/C16H21N/c1-5-6-15-9-12(2)10-16(11-15)17-13(3)7-8-14(17)4/h7-11H,5-6H2,1-4H3. The molecule has 0 N–H and O–H groups in total. The second kappa shape index (κ2) is 4.79. The lowest BCUT2D eigenvalue weighted by molar-refractivity contribution is 0.907. The molecule has 1 heterocycles. The van der Waals surface area contributed by atoms with E-state index < -0.39 is 0 Å². The van der Waals surface area contributed by atoms with Crippen LogP contribution in [-0.4, -0.2) is 4.57 Å². The largest absolute Gasteiger partial charge is 0.319 e. The summed E-state index contributed by atoms with van der Waals surface area (Å²) in [6.45, 7) is 8.73. The minimum atomic E-state index is 1.16. The van der Waals surface area contributed by atoms with E-state index in [-0.39, 0.29) is 0 Å². The zero-order valence-electron chi connectivity index (χ0n) is 11.2. The fourth-order valence-corrected chi connectivity index (χ4v) is 2.48. The predicted molar refractivity (Wildman–Crippen MR) is 74.0 cm³/mol. The van der Waals surface area contributed by atoms with E-state index in [9.17, 15) is 0 Å². The fraction of sp³-hybridized carbons (Fsp3) is 0.375. The first kappa shape index (κ1) is 12.0. The van der Waals surface area contributed by atoms with E-state index in [0.29, 0.717) is 0 Å². The Labute approximate surface area is 104 Å². The van der Waals surface area contributed by atoms with Gasteiger partial charge in [0, 0.05) is 17.1 Å². The molecule has 0 bridgehead atoms. The van der Waals surface area contributed by atoms with Crippen LogP contribution in [0.2, 0.25) is 0 Å². The summed E-state index contributed by atoms with van der Waals surface area (Å²) in [7, 11) is 0. The third-order valence-corrected chi connectivity index (χ3v) is 3.19. The number of rotatable bonds is 3. The van der Waals surface area contributed by atoms with Crippen LogP contribution in [0.4, 0.5) is 0 Å². The van der Waals surface area contributed by atoms with Gasteiger partial charge in [-0.1, -0.05) is 19.4 Å². The molecule has 1 nitrogen and oxygen atoms in total. The predicted octanol–water partition coefficient (Wildman–Crippen LogP) is 4.36. The van der Waals surface area contributed by atoms with Crippen molar-refractivity contribution in [2.45, 2.75) is 40.5 Å². The molecule has 2 aromatic rings. The van der Waals surface area contributed by atoms with Crippen LogP contribution in [0.3, 0.4) is 0 Å². The molecule has 0 saturated carbocycles. The van der Waals surface area contributed by atoms with E-state index in [1.165, 1.54) is 34.6 Å². The smallest absolute Gasteiger partial charge is 0.0460 e. The summed E-state index contributed by atoms with van der Waals surface area (Å²) < 4.78 is 2.33. The van der Waals surface area contributed by atoms with Crippen LogP contribution < -0.4 is 0 Å². The van der Waals surface area contributed by atoms with Gasteiger partial charge in [0.1, 0.15) is 0 Å². The zero-order chi connectivity index (χ0) is 12.4. The van der Waals surface area contributed by atoms with Crippen LogP contribution in [0, 0.1) is 20.8 Å². The molecule has 0 fully saturated rings. The van der Waals surface area contributed by atoms with Crippen molar-refractivity contribution in [2.24, 2.45) is 0 Å². The first-order chi connectivity index (χ1) is 8.11. The summed E-state index contributed by atoms with van der Waals surface area (Å²) in [6, 6.07) is 11.2. The highest BCUT2D eigenvalue weighted by molar-refractivity contribution is 5.43. The molecule has 90 valence electrons. The summed E-state index contributed by atoms with van der Waals surface area (Å²) in [4.78, 5) is 0. The van der Waals surface area contributed by atoms with Crippen molar-refractivity contribution < 1.29 is 0 Å². The van der Waals surface area contributed by atoms with Gasteiger partial charge in [0.05, 0.1) is 0 Å². The quantitative estimate of drug-likeness (QED) is 0.734. The molecule has 0 atom stereocenters. The second-order valence-corrected chi connectivity index (χ2v) is 4.88. The maximum Gasteiger partial charge on any atom is 0.0460 e. The Morgan fingerprint density at radius 1 is 0.941 bits per heavy atom. The van der Waals surface area contributed by atoms with Gasteiger partial charge in [-0.25, -0.2) is 0 Å². The van der Waals surface area contributed by atoms with E-state index in [0.717, 1.165) is 6.42 Å². The van der Waals surface area contributed by atoms with E-state index in [1.54, 1.807) is 0 Å². The number of aryl methyl sites for hydroxylation is 4. The van der Waals surface area contributed by atoms with Gasteiger partial charge in [0.15, 0.2) is 0 Å². The average Bonchev–Trinajstić information content (AvgIpc) is 2.58. The van der Waals surface area contributed by atoms with Crippen molar-refractivity contribution in [1.82, 2.24) is 4.57 Å². The van der Waals surface area contributed by atoms with Gasteiger partial charge in [-0.15, -0.1) is 0 Å². The van der Waals surface area contributed by atoms with Crippen molar-refractivity contribution in [3.05, 3.63) is 52.8 Å². The molecule has 0 aliphatic carbocycles. The fourth-order valence-electron chi connectivity index (χ4n) is 2.48. The summed E-state index contributed by atoms with van der Waals surface area (Å²) in [6.07, 6.45) is 2.36. The van der Waals surface area contributed by atoms with Gasteiger partial charge in [-0.05, 0) is 62.6 Å². The summed E-state index contributed by atoms with van der Waals surface area (Å²) >= 11 is 0. The summed E-state index contributed by atoms with van der Waals surface area (Å²) in [5, 5.41) is 0. The van der Waals surface area contributed by atoms with Crippen molar-refractivity contribution in [1.29, 1.82) is 0 Å². The van der Waals surface area contributed by atoms with Crippen LogP contribution in [0.1, 0.15) is 35.9 Å². The maximum absolute atomic E-state index is 2.33. The number of hydrogen-bond donors (Lipinski definition) is 0. The third-order valence-electron chi connectivity index (χ3n) is 3.19. The average molecular weight is 227 g/mol. The molecule has 17 heavy (non-hydrogen) atoms. The Kier molecular flexibility index (Phi) is 3.37. The van der Waals surface area contributed by atoms with Crippen molar-refractivity contribution in [3.8, 4) is 5.69 Å². The van der Waals surface area contributed by atoms with Crippen molar-refractivity contribution >= 4 is 0 Å². The van der Waals surface area contributed by atoms with Gasteiger partial charge in [0.25, 0.3) is 0 Å². The SMILES string of the molecule is CCCc1cc(C)cc(-n2c(C)ccc2C)c1. The lowest BCUT2D eigenvalue weighted by atomic mass is 10.1. The topological polar surface area (TPSA) is 4.93 Å². The molecule has 0 aliphatic heterocycles. The Hall–Kier alpha value is -1.50. The molecule has 1 heteroatoms. The Morgan fingerprint density at radius 2 is 1.59 bits per heavy atom. The van der Waals surface area contributed by atoms with Gasteiger partial charge >= 0.3 is 0 Å².